The third kappa shape index (κ3) is 5.09. The van der Waals surface area contributed by atoms with Crippen molar-refractivity contribution in [3.63, 3.8) is 0 Å². The van der Waals surface area contributed by atoms with Crippen LogP contribution < -0.4 is 5.32 Å². The molecule has 2 aromatic heterocycles. The molecule has 0 radical (unpaired) electrons. The highest BCUT2D eigenvalue weighted by atomic mass is 32.2. The molecule has 0 aliphatic carbocycles. The van der Waals surface area contributed by atoms with Gasteiger partial charge in [-0.1, -0.05) is 20.8 Å². The van der Waals surface area contributed by atoms with E-state index >= 15 is 0 Å². The van der Waals surface area contributed by atoms with Crippen molar-refractivity contribution >= 4 is 15.7 Å². The van der Waals surface area contributed by atoms with Crippen LogP contribution in [0.4, 0.5) is 13.2 Å². The van der Waals surface area contributed by atoms with E-state index < -0.39 is 27.5 Å². The van der Waals surface area contributed by atoms with E-state index in [9.17, 15) is 26.4 Å². The SMILES string of the molecule is CCS(=O)(=O)CCNC(=O)c1cnn(-c2ccc(C(F)(F)F)cn2)c1C(C)C. The highest BCUT2D eigenvalue weighted by Crippen LogP contribution is 2.29. The Hall–Kier alpha value is -2.43. The van der Waals surface area contributed by atoms with Gasteiger partial charge < -0.3 is 5.32 Å². The number of rotatable bonds is 7. The molecule has 0 aromatic carbocycles. The van der Waals surface area contributed by atoms with E-state index in [1.54, 1.807) is 13.8 Å². The molecule has 0 saturated carbocycles. The Balaban J connectivity index is 2.27. The maximum Gasteiger partial charge on any atom is 0.417 e. The van der Waals surface area contributed by atoms with Gasteiger partial charge in [0.2, 0.25) is 0 Å². The molecule has 0 aliphatic heterocycles. The predicted octanol–water partition coefficient (Wildman–Crippen LogP) is 2.57. The van der Waals surface area contributed by atoms with E-state index in [0.717, 1.165) is 6.07 Å². The van der Waals surface area contributed by atoms with Crippen molar-refractivity contribution in [2.75, 3.05) is 18.1 Å². The third-order valence-electron chi connectivity index (χ3n) is 4.03. The Morgan fingerprint density at radius 3 is 2.43 bits per heavy atom. The lowest BCUT2D eigenvalue weighted by Crippen LogP contribution is -2.30. The average molecular weight is 418 g/mol. The van der Waals surface area contributed by atoms with Crippen LogP contribution in [0.25, 0.3) is 5.82 Å². The zero-order chi connectivity index (χ0) is 21.1. The molecule has 0 fully saturated rings. The second kappa shape index (κ2) is 8.29. The summed E-state index contributed by atoms with van der Waals surface area (Å²) in [5.41, 5.74) is -0.210. The lowest BCUT2D eigenvalue weighted by molar-refractivity contribution is -0.137. The molecule has 0 unspecified atom stereocenters. The zero-order valence-electron chi connectivity index (χ0n) is 15.6. The molecule has 2 heterocycles. The van der Waals surface area contributed by atoms with Gasteiger partial charge in [-0.15, -0.1) is 0 Å². The first kappa shape index (κ1) is 21.9. The third-order valence-corrected chi connectivity index (χ3v) is 5.73. The Labute approximate surface area is 160 Å². The van der Waals surface area contributed by atoms with Gasteiger partial charge >= 0.3 is 6.18 Å². The summed E-state index contributed by atoms with van der Waals surface area (Å²) < 4.78 is 62.5. The molecule has 0 aliphatic rings. The number of carbonyl (C=O) groups excluding carboxylic acids is 1. The summed E-state index contributed by atoms with van der Waals surface area (Å²) >= 11 is 0. The molecule has 28 heavy (non-hydrogen) atoms. The maximum absolute atomic E-state index is 12.7. The molecular weight excluding hydrogens is 397 g/mol. The lowest BCUT2D eigenvalue weighted by atomic mass is 10.1. The Morgan fingerprint density at radius 1 is 1.25 bits per heavy atom. The summed E-state index contributed by atoms with van der Waals surface area (Å²) in [6.07, 6.45) is -2.50. The molecule has 2 aromatic rings. The molecule has 0 atom stereocenters. The molecule has 7 nitrogen and oxygen atoms in total. The number of alkyl halides is 3. The van der Waals surface area contributed by atoms with Gasteiger partial charge in [0, 0.05) is 18.5 Å². The van der Waals surface area contributed by atoms with Gasteiger partial charge in [0.1, 0.15) is 0 Å². The number of hydrogen-bond donors (Lipinski definition) is 1. The summed E-state index contributed by atoms with van der Waals surface area (Å²) in [4.78, 5) is 16.3. The number of nitrogens with one attached hydrogen (secondary N) is 1. The van der Waals surface area contributed by atoms with Gasteiger partial charge in [-0.2, -0.15) is 18.3 Å². The molecule has 154 valence electrons. The van der Waals surface area contributed by atoms with Crippen LogP contribution in [0.3, 0.4) is 0 Å². The lowest BCUT2D eigenvalue weighted by Gasteiger charge is -2.13. The summed E-state index contributed by atoms with van der Waals surface area (Å²) in [7, 11) is -3.22. The summed E-state index contributed by atoms with van der Waals surface area (Å²) in [6.45, 7) is 5.08. The minimum atomic E-state index is -4.50. The quantitative estimate of drug-likeness (QED) is 0.746. The van der Waals surface area contributed by atoms with Crippen LogP contribution in [-0.2, 0) is 16.0 Å². The van der Waals surface area contributed by atoms with Gasteiger partial charge in [-0.05, 0) is 18.1 Å². The van der Waals surface area contributed by atoms with Gasteiger partial charge in [0.05, 0.1) is 28.8 Å². The van der Waals surface area contributed by atoms with E-state index in [4.69, 9.17) is 0 Å². The molecule has 0 saturated heterocycles. The second-order valence-corrected chi connectivity index (χ2v) is 8.88. The van der Waals surface area contributed by atoms with Crippen LogP contribution in [0.5, 0.6) is 0 Å². The van der Waals surface area contributed by atoms with Crippen molar-refractivity contribution in [1.29, 1.82) is 0 Å². The molecule has 0 bridgehead atoms. The monoisotopic (exact) mass is 418 g/mol. The zero-order valence-corrected chi connectivity index (χ0v) is 16.4. The maximum atomic E-state index is 12.7. The fourth-order valence-corrected chi connectivity index (χ4v) is 3.21. The highest BCUT2D eigenvalue weighted by molar-refractivity contribution is 7.91. The number of amides is 1. The standard InChI is InChI=1S/C17H21F3N4O3S/c1-4-28(26,27)8-7-21-16(25)13-10-23-24(15(13)11(2)3)14-6-5-12(9-22-14)17(18,19)20/h5-6,9-11H,4,7-8H2,1-3H3,(H,21,25). The van der Waals surface area contributed by atoms with E-state index in [1.807, 2.05) is 0 Å². The van der Waals surface area contributed by atoms with Crippen LogP contribution in [0.2, 0.25) is 0 Å². The second-order valence-electron chi connectivity index (χ2n) is 6.41. The number of sulfone groups is 1. The first-order valence-electron chi connectivity index (χ1n) is 8.56. The van der Waals surface area contributed by atoms with Gasteiger partial charge in [-0.3, -0.25) is 4.79 Å². The largest absolute Gasteiger partial charge is 0.417 e. The van der Waals surface area contributed by atoms with Crippen LogP contribution in [0.1, 0.15) is 48.3 Å². The minimum Gasteiger partial charge on any atom is -0.351 e. The molecule has 0 spiro atoms. The normalized spacial score (nSPS) is 12.4. The molecular formula is C17H21F3N4O3S. The topological polar surface area (TPSA) is 94.0 Å². The van der Waals surface area contributed by atoms with Gasteiger partial charge in [-0.25, -0.2) is 18.1 Å². The highest BCUT2D eigenvalue weighted by Gasteiger charge is 2.31. The van der Waals surface area contributed by atoms with Crippen molar-refractivity contribution in [2.24, 2.45) is 0 Å². The predicted molar refractivity (Wildman–Crippen MR) is 97.1 cm³/mol. The summed E-state index contributed by atoms with van der Waals surface area (Å²) in [5.74, 6) is -0.748. The summed E-state index contributed by atoms with van der Waals surface area (Å²) in [5, 5.41) is 6.63. The van der Waals surface area contributed by atoms with Crippen LogP contribution in [-0.4, -0.2) is 47.1 Å². The van der Waals surface area contributed by atoms with E-state index in [2.05, 4.69) is 15.4 Å². The summed E-state index contributed by atoms with van der Waals surface area (Å²) in [6, 6.07) is 2.07. The Bertz CT molecular complexity index is 936. The molecule has 11 heteroatoms. The van der Waals surface area contributed by atoms with Crippen LogP contribution in [0, 0.1) is 0 Å². The average Bonchev–Trinajstić information content (AvgIpc) is 3.06. The number of pyridine rings is 1. The van der Waals surface area contributed by atoms with Gasteiger partial charge in [0.15, 0.2) is 15.7 Å². The molecule has 2 rings (SSSR count). The van der Waals surface area contributed by atoms with Crippen molar-refractivity contribution in [3.8, 4) is 5.82 Å². The first-order valence-corrected chi connectivity index (χ1v) is 10.4. The Kier molecular flexibility index (Phi) is 6.48. The van der Waals surface area contributed by atoms with E-state index in [-0.39, 0.29) is 35.3 Å². The first-order chi connectivity index (χ1) is 13.0. The van der Waals surface area contributed by atoms with Crippen molar-refractivity contribution < 1.29 is 26.4 Å². The van der Waals surface area contributed by atoms with Crippen LogP contribution >= 0.6 is 0 Å². The van der Waals surface area contributed by atoms with E-state index in [1.165, 1.54) is 23.9 Å². The van der Waals surface area contributed by atoms with Crippen LogP contribution in [0.15, 0.2) is 24.5 Å². The van der Waals surface area contributed by atoms with E-state index in [0.29, 0.717) is 11.9 Å². The fraction of sp³-hybridized carbons (Fsp3) is 0.471. The number of halogens is 3. The van der Waals surface area contributed by atoms with Gasteiger partial charge in [0.25, 0.3) is 5.91 Å². The minimum absolute atomic E-state index is 0.0162. The van der Waals surface area contributed by atoms with Crippen molar-refractivity contribution in [2.45, 2.75) is 32.9 Å². The number of nitrogens with zero attached hydrogens (tertiary/aromatic N) is 3. The molecule has 1 amide bonds. The number of hydrogen-bond acceptors (Lipinski definition) is 5. The van der Waals surface area contributed by atoms with Crippen molar-refractivity contribution in [3.05, 3.63) is 41.3 Å². The smallest absolute Gasteiger partial charge is 0.351 e. The number of carbonyl (C=O) groups is 1. The fourth-order valence-electron chi connectivity index (χ4n) is 2.51. The van der Waals surface area contributed by atoms with Crippen molar-refractivity contribution in [1.82, 2.24) is 20.1 Å². The molecule has 1 N–H and O–H groups in total. The number of aromatic nitrogens is 3. The Morgan fingerprint density at radius 2 is 1.93 bits per heavy atom.